The second kappa shape index (κ2) is 11.4. The van der Waals surface area contributed by atoms with E-state index in [1.165, 1.54) is 31.4 Å². The van der Waals surface area contributed by atoms with Crippen molar-refractivity contribution in [1.82, 2.24) is 20.3 Å². The molecule has 7 nitrogen and oxygen atoms in total. The Kier molecular flexibility index (Phi) is 9.20. The minimum absolute atomic E-state index is 0. The number of hydrogen-bond donors (Lipinski definition) is 2. The summed E-state index contributed by atoms with van der Waals surface area (Å²) in [5.41, 5.74) is 2.35. The molecule has 1 amide bonds. The fraction of sp³-hybridized carbons (Fsp3) is 0.550. The van der Waals surface area contributed by atoms with E-state index >= 15 is 0 Å². The van der Waals surface area contributed by atoms with E-state index in [4.69, 9.17) is 0 Å². The molecule has 0 radical (unpaired) electrons. The summed E-state index contributed by atoms with van der Waals surface area (Å²) in [6.45, 7) is 4.13. The Morgan fingerprint density at radius 2 is 1.79 bits per heavy atom. The number of benzene rings is 1. The van der Waals surface area contributed by atoms with E-state index in [2.05, 4.69) is 38.0 Å². The van der Waals surface area contributed by atoms with Crippen molar-refractivity contribution in [3.63, 3.8) is 0 Å². The van der Waals surface area contributed by atoms with Gasteiger partial charge in [-0.25, -0.2) is 4.68 Å². The molecule has 2 aliphatic rings. The predicted octanol–water partition coefficient (Wildman–Crippen LogP) is 3.68. The zero-order valence-corrected chi connectivity index (χ0v) is 18.2. The molecule has 4 rings (SSSR count). The summed E-state index contributed by atoms with van der Waals surface area (Å²) >= 11 is 0. The summed E-state index contributed by atoms with van der Waals surface area (Å²) < 4.78 is 1.84. The summed E-state index contributed by atoms with van der Waals surface area (Å²) in [6.07, 6.45) is 8.88. The number of carbonyl (C=O) groups excluding carboxylic acids is 1. The van der Waals surface area contributed by atoms with Crippen molar-refractivity contribution in [3.05, 3.63) is 36.2 Å². The molecular formula is C20H30Cl2N6O. The maximum atomic E-state index is 12.6. The molecule has 1 aromatic carbocycles. The number of nitrogens with one attached hydrogen (secondary N) is 2. The van der Waals surface area contributed by atoms with Crippen LogP contribution in [-0.2, 0) is 0 Å². The van der Waals surface area contributed by atoms with E-state index < -0.39 is 0 Å². The van der Waals surface area contributed by atoms with Crippen molar-refractivity contribution in [2.75, 3.05) is 36.4 Å². The Morgan fingerprint density at radius 3 is 2.52 bits per heavy atom. The van der Waals surface area contributed by atoms with E-state index in [9.17, 15) is 4.79 Å². The summed E-state index contributed by atoms with van der Waals surface area (Å²) in [6, 6.07) is 8.43. The molecular weight excluding hydrogens is 411 g/mol. The first-order chi connectivity index (χ1) is 13.3. The zero-order chi connectivity index (χ0) is 18.5. The van der Waals surface area contributed by atoms with Gasteiger partial charge in [-0.1, -0.05) is 24.1 Å². The van der Waals surface area contributed by atoms with Crippen LogP contribution in [0.4, 0.5) is 11.4 Å². The normalized spacial score (nSPS) is 17.6. The van der Waals surface area contributed by atoms with E-state index in [1.807, 2.05) is 16.8 Å². The van der Waals surface area contributed by atoms with Gasteiger partial charge in [0.25, 0.3) is 5.91 Å². The Bertz CT molecular complexity index is 770. The molecule has 9 heteroatoms. The SMILES string of the molecule is Cl.Cl.O=C(Nc1cccc(N2CCCCCC2)c1)c1cn(C2CCNCC2)nn1. The predicted molar refractivity (Wildman–Crippen MR) is 121 cm³/mol. The van der Waals surface area contributed by atoms with Gasteiger partial charge >= 0.3 is 0 Å². The first-order valence-electron chi connectivity index (χ1n) is 10.1. The van der Waals surface area contributed by atoms with Gasteiger partial charge in [0.05, 0.1) is 12.2 Å². The summed E-state index contributed by atoms with van der Waals surface area (Å²) in [4.78, 5) is 15.0. The third-order valence-corrected chi connectivity index (χ3v) is 5.50. The van der Waals surface area contributed by atoms with Crippen molar-refractivity contribution < 1.29 is 4.79 Å². The Balaban J connectivity index is 0.00000150. The standard InChI is InChI=1S/C20H28N6O.2ClH/c27-20(19-15-26(24-23-19)17-8-10-21-11-9-17)22-16-6-5-7-18(14-16)25-12-3-1-2-4-13-25;;/h5-7,14-15,17,21H,1-4,8-13H2,(H,22,27);2*1H. The summed E-state index contributed by atoms with van der Waals surface area (Å²) in [5, 5.41) is 14.6. The van der Waals surface area contributed by atoms with E-state index in [-0.39, 0.29) is 30.7 Å². The van der Waals surface area contributed by atoms with Crippen molar-refractivity contribution in [2.24, 2.45) is 0 Å². The van der Waals surface area contributed by atoms with Crippen LogP contribution in [0.1, 0.15) is 55.1 Å². The highest BCUT2D eigenvalue weighted by molar-refractivity contribution is 6.02. The zero-order valence-electron chi connectivity index (χ0n) is 16.5. The second-order valence-electron chi connectivity index (χ2n) is 7.47. The molecule has 2 aliphatic heterocycles. The van der Waals surface area contributed by atoms with Crippen molar-refractivity contribution in [3.8, 4) is 0 Å². The topological polar surface area (TPSA) is 75.1 Å². The minimum atomic E-state index is -0.205. The van der Waals surface area contributed by atoms with Gasteiger partial charge in [0.1, 0.15) is 0 Å². The van der Waals surface area contributed by atoms with Crippen molar-refractivity contribution in [1.29, 1.82) is 0 Å². The monoisotopic (exact) mass is 440 g/mol. The average Bonchev–Trinajstić information content (AvgIpc) is 3.05. The molecule has 2 N–H and O–H groups in total. The highest BCUT2D eigenvalue weighted by atomic mass is 35.5. The lowest BCUT2D eigenvalue weighted by Crippen LogP contribution is -2.29. The summed E-state index contributed by atoms with van der Waals surface area (Å²) in [7, 11) is 0. The van der Waals surface area contributed by atoms with Gasteiger partial charge in [-0.3, -0.25) is 4.79 Å². The number of aromatic nitrogens is 3. The minimum Gasteiger partial charge on any atom is -0.371 e. The van der Waals surface area contributed by atoms with Gasteiger partial charge in [-0.15, -0.1) is 29.9 Å². The van der Waals surface area contributed by atoms with Gasteiger partial charge in [-0.2, -0.15) is 0 Å². The first kappa shape index (κ1) is 23.4. The Hall–Kier alpha value is -1.83. The molecule has 0 spiro atoms. The molecule has 0 atom stereocenters. The van der Waals surface area contributed by atoms with Crippen LogP contribution >= 0.6 is 24.8 Å². The molecule has 1 aromatic heterocycles. The lowest BCUT2D eigenvalue weighted by Gasteiger charge is -2.23. The second-order valence-corrected chi connectivity index (χ2v) is 7.47. The lowest BCUT2D eigenvalue weighted by molar-refractivity contribution is 0.102. The number of piperidine rings is 1. The number of nitrogens with zero attached hydrogens (tertiary/aromatic N) is 4. The molecule has 0 unspecified atom stereocenters. The molecule has 0 saturated carbocycles. The smallest absolute Gasteiger partial charge is 0.277 e. The maximum Gasteiger partial charge on any atom is 0.277 e. The van der Waals surface area contributed by atoms with E-state index in [0.717, 1.165) is 44.7 Å². The molecule has 29 heavy (non-hydrogen) atoms. The number of carbonyl (C=O) groups is 1. The fourth-order valence-corrected chi connectivity index (χ4v) is 3.93. The molecule has 2 saturated heterocycles. The van der Waals surface area contributed by atoms with Gasteiger partial charge in [-0.05, 0) is 57.0 Å². The third-order valence-electron chi connectivity index (χ3n) is 5.50. The van der Waals surface area contributed by atoms with Crippen LogP contribution in [0.25, 0.3) is 0 Å². The van der Waals surface area contributed by atoms with Crippen LogP contribution in [0.3, 0.4) is 0 Å². The quantitative estimate of drug-likeness (QED) is 0.757. The van der Waals surface area contributed by atoms with Crippen molar-refractivity contribution in [2.45, 2.75) is 44.6 Å². The number of rotatable bonds is 4. The molecule has 2 aromatic rings. The Labute approximate surface area is 184 Å². The Morgan fingerprint density at radius 1 is 1.07 bits per heavy atom. The maximum absolute atomic E-state index is 12.6. The number of halogens is 2. The summed E-state index contributed by atoms with van der Waals surface area (Å²) in [5.74, 6) is -0.205. The van der Waals surface area contributed by atoms with Crippen LogP contribution in [0.2, 0.25) is 0 Å². The molecule has 3 heterocycles. The van der Waals surface area contributed by atoms with E-state index in [1.54, 1.807) is 6.20 Å². The molecule has 0 bridgehead atoms. The molecule has 2 fully saturated rings. The molecule has 0 aliphatic carbocycles. The number of hydrogen-bond acceptors (Lipinski definition) is 5. The van der Waals surface area contributed by atoms with Gasteiger partial charge < -0.3 is 15.5 Å². The van der Waals surface area contributed by atoms with Crippen molar-refractivity contribution >= 4 is 42.1 Å². The van der Waals surface area contributed by atoms with Gasteiger partial charge in [0.2, 0.25) is 0 Å². The fourth-order valence-electron chi connectivity index (χ4n) is 3.93. The van der Waals surface area contributed by atoms with Crippen LogP contribution in [0.15, 0.2) is 30.5 Å². The van der Waals surface area contributed by atoms with Crippen LogP contribution in [-0.4, -0.2) is 47.1 Å². The van der Waals surface area contributed by atoms with Crippen LogP contribution in [0.5, 0.6) is 0 Å². The third kappa shape index (κ3) is 6.07. The highest BCUT2D eigenvalue weighted by Gasteiger charge is 2.19. The van der Waals surface area contributed by atoms with Crippen LogP contribution in [0, 0.1) is 0 Å². The highest BCUT2D eigenvalue weighted by Crippen LogP contribution is 2.23. The number of amides is 1. The van der Waals surface area contributed by atoms with Gasteiger partial charge in [0.15, 0.2) is 5.69 Å². The average molecular weight is 441 g/mol. The van der Waals surface area contributed by atoms with E-state index in [0.29, 0.717) is 11.7 Å². The van der Waals surface area contributed by atoms with Crippen LogP contribution < -0.4 is 15.5 Å². The first-order valence-corrected chi connectivity index (χ1v) is 10.1. The van der Waals surface area contributed by atoms with Gasteiger partial charge in [0, 0.05) is 24.5 Å². The lowest BCUT2D eigenvalue weighted by atomic mass is 10.1. The molecule has 160 valence electrons. The number of anilines is 2. The largest absolute Gasteiger partial charge is 0.371 e.